The molecule has 2 unspecified atom stereocenters. The fourth-order valence-electron chi connectivity index (χ4n) is 2.29. The number of carboxylic acid groups (broad SMARTS) is 1. The van der Waals surface area contributed by atoms with Crippen molar-refractivity contribution < 1.29 is 24.2 Å². The van der Waals surface area contributed by atoms with E-state index in [4.69, 9.17) is 9.84 Å². The predicted molar refractivity (Wildman–Crippen MR) is 72.6 cm³/mol. The molecule has 8 heteroatoms. The molecule has 2 aliphatic rings. The Morgan fingerprint density at radius 1 is 1.38 bits per heavy atom. The maximum atomic E-state index is 12.2. The average Bonchev–Trinajstić information content (AvgIpc) is 3.21. The first kappa shape index (κ1) is 15.7. The molecule has 1 aliphatic heterocycles. The van der Waals surface area contributed by atoms with Crippen molar-refractivity contribution in [1.29, 1.82) is 0 Å². The number of ether oxygens (including phenoxy) is 1. The van der Waals surface area contributed by atoms with E-state index in [0.29, 0.717) is 13.2 Å². The molecule has 118 valence electrons. The van der Waals surface area contributed by atoms with Crippen molar-refractivity contribution in [2.24, 2.45) is 0 Å². The van der Waals surface area contributed by atoms with E-state index in [1.807, 2.05) is 0 Å². The topological polar surface area (TPSA) is 108 Å². The maximum absolute atomic E-state index is 12.2. The Morgan fingerprint density at radius 2 is 2.10 bits per heavy atom. The van der Waals surface area contributed by atoms with E-state index in [1.54, 1.807) is 4.90 Å². The second-order valence-electron chi connectivity index (χ2n) is 5.46. The van der Waals surface area contributed by atoms with E-state index in [1.165, 1.54) is 6.92 Å². The number of aliphatic carboxylic acids is 1. The normalized spacial score (nSPS) is 24.1. The highest BCUT2D eigenvalue weighted by atomic mass is 16.5. The van der Waals surface area contributed by atoms with Gasteiger partial charge in [0.2, 0.25) is 11.8 Å². The Hall–Kier alpha value is -1.67. The summed E-state index contributed by atoms with van der Waals surface area (Å²) < 4.78 is 5.32. The van der Waals surface area contributed by atoms with Gasteiger partial charge in [-0.25, -0.2) is 4.79 Å². The fraction of sp³-hybridized carbons (Fsp3) is 0.769. The second kappa shape index (κ2) is 6.86. The molecule has 2 rings (SSSR count). The zero-order valence-electron chi connectivity index (χ0n) is 12.0. The highest BCUT2D eigenvalue weighted by Gasteiger charge is 2.35. The monoisotopic (exact) mass is 299 g/mol. The van der Waals surface area contributed by atoms with Crippen LogP contribution in [-0.2, 0) is 19.1 Å². The van der Waals surface area contributed by atoms with Gasteiger partial charge in [-0.2, -0.15) is 0 Å². The van der Waals surface area contributed by atoms with Crippen LogP contribution in [0.1, 0.15) is 19.8 Å². The lowest BCUT2D eigenvalue weighted by Gasteiger charge is -2.35. The van der Waals surface area contributed by atoms with Gasteiger partial charge in [0.25, 0.3) is 0 Å². The smallest absolute Gasteiger partial charge is 0.327 e. The van der Waals surface area contributed by atoms with Crippen LogP contribution >= 0.6 is 0 Å². The minimum Gasteiger partial charge on any atom is -0.480 e. The van der Waals surface area contributed by atoms with Crippen molar-refractivity contribution in [2.45, 2.75) is 37.9 Å². The zero-order chi connectivity index (χ0) is 15.4. The molecule has 1 heterocycles. The molecule has 8 nitrogen and oxygen atoms in total. The van der Waals surface area contributed by atoms with Crippen LogP contribution < -0.4 is 10.6 Å². The molecular weight excluding hydrogens is 278 g/mol. The molecule has 0 radical (unpaired) electrons. The van der Waals surface area contributed by atoms with Gasteiger partial charge in [0, 0.05) is 26.1 Å². The van der Waals surface area contributed by atoms with E-state index < -0.39 is 24.0 Å². The molecule has 2 fully saturated rings. The number of nitrogens with one attached hydrogen (secondary N) is 2. The van der Waals surface area contributed by atoms with Crippen molar-refractivity contribution in [1.82, 2.24) is 15.5 Å². The second-order valence-corrected chi connectivity index (χ2v) is 5.46. The SMILES string of the molecule is CC(=O)NC(CN1CCOCC1C(=O)NC1CC1)C(=O)O. The van der Waals surface area contributed by atoms with Gasteiger partial charge < -0.3 is 20.5 Å². The van der Waals surface area contributed by atoms with Crippen LogP contribution in [0, 0.1) is 0 Å². The van der Waals surface area contributed by atoms with Crippen LogP contribution in [0.4, 0.5) is 0 Å². The molecule has 0 aromatic carbocycles. The van der Waals surface area contributed by atoms with Crippen LogP contribution in [0.25, 0.3) is 0 Å². The van der Waals surface area contributed by atoms with Gasteiger partial charge in [-0.15, -0.1) is 0 Å². The molecule has 0 bridgehead atoms. The number of carbonyl (C=O) groups is 3. The van der Waals surface area contributed by atoms with Crippen LogP contribution in [0.3, 0.4) is 0 Å². The lowest BCUT2D eigenvalue weighted by Crippen LogP contribution is -2.58. The molecule has 1 saturated heterocycles. The molecule has 0 aromatic heterocycles. The highest BCUT2D eigenvalue weighted by molar-refractivity contribution is 5.84. The van der Waals surface area contributed by atoms with E-state index in [9.17, 15) is 14.4 Å². The van der Waals surface area contributed by atoms with Gasteiger partial charge in [-0.05, 0) is 12.8 Å². The van der Waals surface area contributed by atoms with E-state index >= 15 is 0 Å². The quantitative estimate of drug-likeness (QED) is 0.554. The Kier molecular flexibility index (Phi) is 5.13. The maximum Gasteiger partial charge on any atom is 0.327 e. The van der Waals surface area contributed by atoms with E-state index in [0.717, 1.165) is 12.8 Å². The van der Waals surface area contributed by atoms with Crippen LogP contribution in [-0.4, -0.2) is 72.2 Å². The molecule has 1 saturated carbocycles. The van der Waals surface area contributed by atoms with Crippen LogP contribution in [0.15, 0.2) is 0 Å². The minimum absolute atomic E-state index is 0.0844. The van der Waals surface area contributed by atoms with Crippen molar-refractivity contribution >= 4 is 17.8 Å². The van der Waals surface area contributed by atoms with Crippen molar-refractivity contribution in [3.05, 3.63) is 0 Å². The number of rotatable bonds is 6. The van der Waals surface area contributed by atoms with Crippen molar-refractivity contribution in [3.8, 4) is 0 Å². The third-order valence-electron chi connectivity index (χ3n) is 3.56. The summed E-state index contributed by atoms with van der Waals surface area (Å²) in [5, 5.41) is 14.4. The molecule has 0 spiro atoms. The van der Waals surface area contributed by atoms with Crippen LogP contribution in [0.5, 0.6) is 0 Å². The Bertz CT molecular complexity index is 424. The van der Waals surface area contributed by atoms with Crippen LogP contribution in [0.2, 0.25) is 0 Å². The van der Waals surface area contributed by atoms with E-state index in [2.05, 4.69) is 10.6 Å². The average molecular weight is 299 g/mol. The first-order valence-electron chi connectivity index (χ1n) is 7.09. The first-order valence-corrected chi connectivity index (χ1v) is 7.09. The van der Waals surface area contributed by atoms with Crippen molar-refractivity contribution in [3.63, 3.8) is 0 Å². The summed E-state index contributed by atoms with van der Waals surface area (Å²) in [6.07, 6.45) is 1.98. The van der Waals surface area contributed by atoms with Crippen molar-refractivity contribution in [2.75, 3.05) is 26.3 Å². The van der Waals surface area contributed by atoms with Gasteiger partial charge in [0.05, 0.1) is 13.2 Å². The third kappa shape index (κ3) is 4.68. The largest absolute Gasteiger partial charge is 0.480 e. The zero-order valence-corrected chi connectivity index (χ0v) is 12.0. The Labute approximate surface area is 122 Å². The molecular formula is C13H21N3O5. The number of nitrogens with zero attached hydrogens (tertiary/aromatic N) is 1. The molecule has 2 amide bonds. The minimum atomic E-state index is -1.11. The standard InChI is InChI=1S/C13H21N3O5/c1-8(17)14-10(13(19)20)6-16-4-5-21-7-11(16)12(18)15-9-2-3-9/h9-11H,2-7H2,1H3,(H,14,17)(H,15,18)(H,19,20). The fourth-order valence-corrected chi connectivity index (χ4v) is 2.29. The number of hydrogen-bond donors (Lipinski definition) is 3. The number of carbonyl (C=O) groups excluding carboxylic acids is 2. The summed E-state index contributed by atoms with van der Waals surface area (Å²) in [6.45, 7) is 2.50. The third-order valence-corrected chi connectivity index (χ3v) is 3.56. The number of hydrogen-bond acceptors (Lipinski definition) is 5. The first-order chi connectivity index (χ1) is 9.97. The Balaban J connectivity index is 1.97. The van der Waals surface area contributed by atoms with Gasteiger partial charge in [0.15, 0.2) is 0 Å². The summed E-state index contributed by atoms with van der Waals surface area (Å²) in [6, 6.07) is -1.29. The highest BCUT2D eigenvalue weighted by Crippen LogP contribution is 2.19. The summed E-state index contributed by atoms with van der Waals surface area (Å²) >= 11 is 0. The lowest BCUT2D eigenvalue weighted by atomic mass is 10.1. The number of morpholine rings is 1. The van der Waals surface area contributed by atoms with Gasteiger partial charge >= 0.3 is 5.97 Å². The summed E-state index contributed by atoms with van der Waals surface area (Å²) in [5.74, 6) is -1.66. The molecule has 2 atom stereocenters. The molecule has 1 aliphatic carbocycles. The van der Waals surface area contributed by atoms with E-state index in [-0.39, 0.29) is 25.1 Å². The Morgan fingerprint density at radius 3 is 2.67 bits per heavy atom. The summed E-state index contributed by atoms with van der Waals surface area (Å²) in [4.78, 5) is 36.2. The summed E-state index contributed by atoms with van der Waals surface area (Å²) in [7, 11) is 0. The molecule has 3 N–H and O–H groups in total. The van der Waals surface area contributed by atoms with Gasteiger partial charge in [0.1, 0.15) is 12.1 Å². The number of amides is 2. The molecule has 21 heavy (non-hydrogen) atoms. The summed E-state index contributed by atoms with van der Waals surface area (Å²) in [5.41, 5.74) is 0. The predicted octanol–water partition coefficient (Wildman–Crippen LogP) is -1.44. The number of carboxylic acids is 1. The lowest BCUT2D eigenvalue weighted by molar-refractivity contribution is -0.144. The molecule has 0 aromatic rings. The van der Waals surface area contributed by atoms with Gasteiger partial charge in [-0.1, -0.05) is 0 Å². The van der Waals surface area contributed by atoms with Gasteiger partial charge in [-0.3, -0.25) is 14.5 Å².